The van der Waals surface area contributed by atoms with Gasteiger partial charge in [0.05, 0.1) is 30.1 Å². The summed E-state index contributed by atoms with van der Waals surface area (Å²) in [6.45, 7) is 2.86. The molecule has 1 aromatic heterocycles. The van der Waals surface area contributed by atoms with E-state index < -0.39 is 0 Å². The Morgan fingerprint density at radius 3 is 2.77 bits per heavy atom. The maximum Gasteiger partial charge on any atom is 0.227 e. The molecule has 1 amide bonds. The molecule has 0 saturated carbocycles. The molecule has 2 N–H and O–H groups in total. The smallest absolute Gasteiger partial charge is 0.227 e. The molecule has 1 saturated heterocycles. The van der Waals surface area contributed by atoms with E-state index in [0.717, 1.165) is 47.4 Å². The number of imidazole rings is 1. The highest BCUT2D eigenvalue weighted by atomic mass is 16.3. The van der Waals surface area contributed by atoms with Crippen molar-refractivity contribution in [2.24, 2.45) is 0 Å². The first-order valence-electron chi connectivity index (χ1n) is 9.08. The van der Waals surface area contributed by atoms with E-state index in [1.165, 1.54) is 5.56 Å². The van der Waals surface area contributed by atoms with E-state index in [4.69, 9.17) is 10.1 Å². The van der Waals surface area contributed by atoms with Crippen molar-refractivity contribution >= 4 is 16.9 Å². The van der Waals surface area contributed by atoms with Crippen molar-refractivity contribution < 1.29 is 9.90 Å². The molecular weight excluding hydrogens is 326 g/mol. The van der Waals surface area contributed by atoms with Gasteiger partial charge in [-0.15, -0.1) is 0 Å². The molecule has 3 aromatic rings. The van der Waals surface area contributed by atoms with Crippen LogP contribution >= 0.6 is 0 Å². The van der Waals surface area contributed by atoms with E-state index in [2.05, 4.69) is 24.0 Å². The number of fused-ring (bicyclic) bond motifs is 1. The molecule has 0 radical (unpaired) electrons. The quantitative estimate of drug-likeness (QED) is 0.759. The lowest BCUT2D eigenvalue weighted by Gasteiger charge is -2.23. The second-order valence-corrected chi connectivity index (χ2v) is 7.04. The van der Waals surface area contributed by atoms with E-state index in [1.54, 1.807) is 0 Å². The lowest BCUT2D eigenvalue weighted by molar-refractivity contribution is -0.131. The number of carbonyl (C=O) groups excluding carboxylic acids is 1. The van der Waals surface area contributed by atoms with Gasteiger partial charge in [-0.2, -0.15) is 0 Å². The minimum atomic E-state index is 0.0203. The maximum absolute atomic E-state index is 12.9. The zero-order chi connectivity index (χ0) is 18.1. The number of H-pyrrole nitrogens is 1. The number of hydrogen-bond acceptors (Lipinski definition) is 3. The molecule has 5 nitrogen and oxygen atoms in total. The van der Waals surface area contributed by atoms with Crippen LogP contribution in [0.3, 0.4) is 0 Å². The van der Waals surface area contributed by atoms with Crippen LogP contribution in [0.5, 0.6) is 0 Å². The summed E-state index contributed by atoms with van der Waals surface area (Å²) in [6, 6.07) is 13.8. The Morgan fingerprint density at radius 1 is 1.23 bits per heavy atom. The Bertz CT molecular complexity index is 930. The van der Waals surface area contributed by atoms with Gasteiger partial charge in [0.15, 0.2) is 0 Å². The lowest BCUT2D eigenvalue weighted by atomic mass is 10.1. The number of rotatable bonds is 4. The minimum absolute atomic E-state index is 0.0203. The average molecular weight is 349 g/mol. The number of aromatic amines is 1. The Labute approximate surface area is 152 Å². The fourth-order valence-corrected chi connectivity index (χ4v) is 3.69. The van der Waals surface area contributed by atoms with E-state index >= 15 is 0 Å². The van der Waals surface area contributed by atoms with E-state index in [0.29, 0.717) is 6.42 Å². The van der Waals surface area contributed by atoms with Crippen LogP contribution < -0.4 is 0 Å². The van der Waals surface area contributed by atoms with Crippen molar-refractivity contribution in [3.63, 3.8) is 0 Å². The van der Waals surface area contributed by atoms with Crippen molar-refractivity contribution in [2.45, 2.75) is 38.8 Å². The largest absolute Gasteiger partial charge is 0.392 e. The summed E-state index contributed by atoms with van der Waals surface area (Å²) in [6.07, 6.45) is 2.31. The number of nitrogens with zero attached hydrogens (tertiary/aromatic N) is 2. The lowest BCUT2D eigenvalue weighted by Crippen LogP contribution is -2.32. The highest BCUT2D eigenvalue weighted by Crippen LogP contribution is 2.32. The summed E-state index contributed by atoms with van der Waals surface area (Å²) in [4.78, 5) is 22.9. The Kier molecular flexibility index (Phi) is 4.47. The zero-order valence-corrected chi connectivity index (χ0v) is 14.9. The summed E-state index contributed by atoms with van der Waals surface area (Å²) in [5, 5.41) is 9.14. The summed E-state index contributed by atoms with van der Waals surface area (Å²) < 4.78 is 0. The van der Waals surface area contributed by atoms with Gasteiger partial charge in [0, 0.05) is 6.54 Å². The molecule has 2 aromatic carbocycles. The Morgan fingerprint density at radius 2 is 2.00 bits per heavy atom. The summed E-state index contributed by atoms with van der Waals surface area (Å²) in [5.74, 6) is 1.01. The molecule has 1 fully saturated rings. The van der Waals surface area contributed by atoms with E-state index in [-0.39, 0.29) is 18.6 Å². The van der Waals surface area contributed by atoms with Crippen LogP contribution in [-0.2, 0) is 17.8 Å². The van der Waals surface area contributed by atoms with Crippen molar-refractivity contribution in [2.75, 3.05) is 6.54 Å². The molecule has 5 heteroatoms. The summed E-state index contributed by atoms with van der Waals surface area (Å²) >= 11 is 0. The van der Waals surface area contributed by atoms with Crippen LogP contribution in [0.25, 0.3) is 11.0 Å². The Balaban J connectivity index is 1.53. The first-order chi connectivity index (χ1) is 12.6. The molecule has 134 valence electrons. The zero-order valence-electron chi connectivity index (χ0n) is 14.9. The van der Waals surface area contributed by atoms with Gasteiger partial charge >= 0.3 is 0 Å². The van der Waals surface area contributed by atoms with Crippen LogP contribution in [0.15, 0.2) is 42.5 Å². The number of aliphatic hydroxyl groups is 1. The number of likely N-dealkylation sites (tertiary alicyclic amines) is 1. The second-order valence-electron chi connectivity index (χ2n) is 7.04. The normalized spacial score (nSPS) is 17.2. The van der Waals surface area contributed by atoms with Crippen LogP contribution in [0, 0.1) is 6.92 Å². The topological polar surface area (TPSA) is 69.2 Å². The fourth-order valence-electron chi connectivity index (χ4n) is 3.69. The molecule has 1 atom stereocenters. The third-order valence-electron chi connectivity index (χ3n) is 5.11. The summed E-state index contributed by atoms with van der Waals surface area (Å²) in [5.41, 5.74) is 5.00. The summed E-state index contributed by atoms with van der Waals surface area (Å²) in [7, 11) is 0. The second kappa shape index (κ2) is 6.92. The molecule has 0 bridgehead atoms. The molecule has 4 rings (SSSR count). The molecule has 1 aliphatic rings. The monoisotopic (exact) mass is 349 g/mol. The van der Waals surface area contributed by atoms with Crippen molar-refractivity contribution in [1.29, 1.82) is 0 Å². The van der Waals surface area contributed by atoms with Gasteiger partial charge in [0.25, 0.3) is 0 Å². The highest BCUT2D eigenvalue weighted by Gasteiger charge is 2.31. The van der Waals surface area contributed by atoms with Crippen LogP contribution in [0.4, 0.5) is 0 Å². The van der Waals surface area contributed by atoms with Crippen molar-refractivity contribution in [1.82, 2.24) is 14.9 Å². The third-order valence-corrected chi connectivity index (χ3v) is 5.11. The molecule has 0 aliphatic carbocycles. The Hall–Kier alpha value is -2.66. The third kappa shape index (κ3) is 3.22. The number of aliphatic hydroxyl groups excluding tert-OH is 1. The number of aryl methyl sites for hydroxylation is 1. The van der Waals surface area contributed by atoms with Gasteiger partial charge in [0.1, 0.15) is 5.82 Å². The van der Waals surface area contributed by atoms with Gasteiger partial charge in [0.2, 0.25) is 5.91 Å². The average Bonchev–Trinajstić information content (AvgIpc) is 3.28. The van der Waals surface area contributed by atoms with Gasteiger partial charge in [-0.3, -0.25) is 4.79 Å². The number of carbonyl (C=O) groups is 1. The number of hydrogen-bond donors (Lipinski definition) is 2. The van der Waals surface area contributed by atoms with Crippen LogP contribution in [0.1, 0.15) is 41.4 Å². The first kappa shape index (κ1) is 16.8. The number of aromatic nitrogens is 2. The van der Waals surface area contributed by atoms with Gasteiger partial charge in [-0.25, -0.2) is 4.98 Å². The van der Waals surface area contributed by atoms with Crippen molar-refractivity contribution in [3.8, 4) is 0 Å². The molecular formula is C21H23N3O2. The highest BCUT2D eigenvalue weighted by molar-refractivity contribution is 5.80. The van der Waals surface area contributed by atoms with Crippen LogP contribution in [0.2, 0.25) is 0 Å². The molecule has 26 heavy (non-hydrogen) atoms. The number of nitrogens with one attached hydrogen (secondary N) is 1. The standard InChI is InChI=1S/C21H23N3O2/c1-14-4-9-17-18(11-14)23-21(22-17)19-3-2-10-24(19)20(26)12-15-5-7-16(13-25)8-6-15/h4-9,11,19,25H,2-3,10,12-13H2,1H3,(H,22,23)/t19-/m0/s1. The van der Waals surface area contributed by atoms with Gasteiger partial charge in [-0.05, 0) is 48.6 Å². The number of amides is 1. The van der Waals surface area contributed by atoms with Crippen molar-refractivity contribution in [3.05, 3.63) is 65.0 Å². The molecule has 0 spiro atoms. The van der Waals surface area contributed by atoms with Crippen LogP contribution in [-0.4, -0.2) is 32.4 Å². The van der Waals surface area contributed by atoms with E-state index in [1.807, 2.05) is 35.2 Å². The van der Waals surface area contributed by atoms with Gasteiger partial charge in [-0.1, -0.05) is 30.3 Å². The van der Waals surface area contributed by atoms with E-state index in [9.17, 15) is 4.79 Å². The molecule has 0 unspecified atom stereocenters. The van der Waals surface area contributed by atoms with Gasteiger partial charge < -0.3 is 15.0 Å². The maximum atomic E-state index is 12.9. The minimum Gasteiger partial charge on any atom is -0.392 e. The SMILES string of the molecule is Cc1ccc2nc([C@@H]3CCCN3C(=O)Cc3ccc(CO)cc3)[nH]c2c1. The fraction of sp³-hybridized carbons (Fsp3) is 0.333. The first-order valence-corrected chi connectivity index (χ1v) is 9.08. The predicted molar refractivity (Wildman–Crippen MR) is 101 cm³/mol. The predicted octanol–water partition coefficient (Wildman–Crippen LogP) is 3.27. The molecule has 1 aliphatic heterocycles. The number of benzene rings is 2. The molecule has 2 heterocycles.